The van der Waals surface area contributed by atoms with Crippen molar-refractivity contribution < 1.29 is 4.79 Å². The third-order valence-corrected chi connectivity index (χ3v) is 4.58. The summed E-state index contributed by atoms with van der Waals surface area (Å²) in [7, 11) is 0. The van der Waals surface area contributed by atoms with E-state index in [4.69, 9.17) is 0 Å². The maximum absolute atomic E-state index is 12.4. The number of amides is 1. The third kappa shape index (κ3) is 4.58. The quantitative estimate of drug-likeness (QED) is 0.872. The van der Waals surface area contributed by atoms with Crippen LogP contribution in [0.15, 0.2) is 42.7 Å². The van der Waals surface area contributed by atoms with E-state index in [0.29, 0.717) is 18.3 Å². The highest BCUT2D eigenvalue weighted by atomic mass is 35.5. The summed E-state index contributed by atoms with van der Waals surface area (Å²) >= 11 is 0. The Kier molecular flexibility index (Phi) is 6.82. The van der Waals surface area contributed by atoms with Crippen molar-refractivity contribution in [3.63, 3.8) is 0 Å². The Morgan fingerprint density at radius 1 is 1.42 bits per heavy atom. The molecule has 0 radical (unpaired) electrons. The van der Waals surface area contributed by atoms with Gasteiger partial charge in [-0.3, -0.25) is 4.79 Å². The van der Waals surface area contributed by atoms with E-state index >= 15 is 0 Å². The van der Waals surface area contributed by atoms with Crippen molar-refractivity contribution in [3.8, 4) is 5.69 Å². The molecule has 0 aliphatic carbocycles. The van der Waals surface area contributed by atoms with E-state index in [-0.39, 0.29) is 18.3 Å². The molecule has 5 nitrogen and oxygen atoms in total. The number of rotatable bonds is 5. The molecule has 2 heterocycles. The lowest BCUT2D eigenvalue weighted by Gasteiger charge is -2.28. The molecule has 1 aromatic heterocycles. The van der Waals surface area contributed by atoms with Gasteiger partial charge in [-0.25, -0.2) is 4.68 Å². The van der Waals surface area contributed by atoms with Gasteiger partial charge in [0, 0.05) is 18.8 Å². The average molecular weight is 349 g/mol. The van der Waals surface area contributed by atoms with Gasteiger partial charge in [0.05, 0.1) is 11.4 Å². The largest absolute Gasteiger partial charge is 0.324 e. The van der Waals surface area contributed by atoms with Gasteiger partial charge in [0.2, 0.25) is 5.91 Å². The van der Waals surface area contributed by atoms with E-state index in [1.54, 1.807) is 10.9 Å². The smallest absolute Gasteiger partial charge is 0.224 e. The first-order valence-electron chi connectivity index (χ1n) is 8.33. The van der Waals surface area contributed by atoms with E-state index in [2.05, 4.69) is 22.7 Å². The van der Waals surface area contributed by atoms with Crippen LogP contribution < -0.4 is 10.6 Å². The number of para-hydroxylation sites is 2. The SMILES string of the molecule is CC(CC(=O)Nc1ccccc1-n1cccn1)C1CCCNC1.Cl. The van der Waals surface area contributed by atoms with Crippen molar-refractivity contribution in [2.45, 2.75) is 26.2 Å². The van der Waals surface area contributed by atoms with Crippen LogP contribution in [0.1, 0.15) is 26.2 Å². The molecule has 2 aromatic rings. The maximum Gasteiger partial charge on any atom is 0.224 e. The zero-order chi connectivity index (χ0) is 16.1. The first-order valence-corrected chi connectivity index (χ1v) is 8.33. The molecule has 2 unspecified atom stereocenters. The normalized spacial score (nSPS) is 18.5. The minimum Gasteiger partial charge on any atom is -0.324 e. The lowest BCUT2D eigenvalue weighted by atomic mass is 9.85. The van der Waals surface area contributed by atoms with Crippen molar-refractivity contribution in [1.29, 1.82) is 0 Å². The Morgan fingerprint density at radius 2 is 2.25 bits per heavy atom. The van der Waals surface area contributed by atoms with Gasteiger partial charge in [-0.1, -0.05) is 19.1 Å². The standard InChI is InChI=1S/C18H24N4O.ClH/c1-14(15-6-4-9-19-13-15)12-18(23)21-16-7-2-3-8-17(16)22-11-5-10-20-22;/h2-3,5,7-8,10-11,14-15,19H,4,6,9,12-13H2,1H3,(H,21,23);1H. The van der Waals surface area contributed by atoms with E-state index in [1.807, 2.05) is 36.5 Å². The number of hydrogen-bond acceptors (Lipinski definition) is 3. The van der Waals surface area contributed by atoms with E-state index < -0.39 is 0 Å². The molecule has 0 saturated carbocycles. The summed E-state index contributed by atoms with van der Waals surface area (Å²) in [6, 6.07) is 9.62. The lowest BCUT2D eigenvalue weighted by Crippen LogP contribution is -2.34. The van der Waals surface area contributed by atoms with Gasteiger partial charge in [0.15, 0.2) is 0 Å². The number of carbonyl (C=O) groups excluding carboxylic acids is 1. The third-order valence-electron chi connectivity index (χ3n) is 4.58. The number of benzene rings is 1. The minimum absolute atomic E-state index is 0. The maximum atomic E-state index is 12.4. The van der Waals surface area contributed by atoms with Crippen LogP contribution in [-0.4, -0.2) is 28.8 Å². The summed E-state index contributed by atoms with van der Waals surface area (Å²) < 4.78 is 1.77. The predicted octanol–water partition coefficient (Wildman–Crippen LogP) is 3.26. The Bertz CT molecular complexity index is 638. The summed E-state index contributed by atoms with van der Waals surface area (Å²) in [6.07, 6.45) is 6.59. The van der Waals surface area contributed by atoms with Gasteiger partial charge >= 0.3 is 0 Å². The molecule has 1 aromatic carbocycles. The fraction of sp³-hybridized carbons (Fsp3) is 0.444. The Labute approximate surface area is 149 Å². The topological polar surface area (TPSA) is 59.0 Å². The summed E-state index contributed by atoms with van der Waals surface area (Å²) in [5.41, 5.74) is 1.69. The molecule has 0 bridgehead atoms. The van der Waals surface area contributed by atoms with Crippen LogP contribution in [0.25, 0.3) is 5.69 Å². The first-order chi connectivity index (χ1) is 11.2. The number of halogens is 1. The van der Waals surface area contributed by atoms with Gasteiger partial charge in [-0.2, -0.15) is 5.10 Å². The van der Waals surface area contributed by atoms with Gasteiger partial charge in [0.1, 0.15) is 0 Å². The Morgan fingerprint density at radius 3 is 2.96 bits per heavy atom. The average Bonchev–Trinajstić information content (AvgIpc) is 3.10. The highest BCUT2D eigenvalue weighted by Gasteiger charge is 2.22. The van der Waals surface area contributed by atoms with Crippen LogP contribution in [0.3, 0.4) is 0 Å². The van der Waals surface area contributed by atoms with Crippen LogP contribution >= 0.6 is 12.4 Å². The molecule has 1 aliphatic rings. The van der Waals surface area contributed by atoms with Gasteiger partial charge in [0.25, 0.3) is 0 Å². The fourth-order valence-corrected chi connectivity index (χ4v) is 3.22. The highest BCUT2D eigenvalue weighted by molar-refractivity contribution is 5.92. The summed E-state index contributed by atoms with van der Waals surface area (Å²) in [5, 5.41) is 10.7. The van der Waals surface area contributed by atoms with Crippen LogP contribution in [0.5, 0.6) is 0 Å². The second kappa shape index (κ2) is 8.85. The molecule has 2 N–H and O–H groups in total. The van der Waals surface area contributed by atoms with E-state index in [9.17, 15) is 4.79 Å². The monoisotopic (exact) mass is 348 g/mol. The van der Waals surface area contributed by atoms with Crippen molar-refractivity contribution in [2.24, 2.45) is 11.8 Å². The second-order valence-electron chi connectivity index (χ2n) is 6.30. The lowest BCUT2D eigenvalue weighted by molar-refractivity contribution is -0.117. The van der Waals surface area contributed by atoms with Crippen molar-refractivity contribution in [1.82, 2.24) is 15.1 Å². The molecule has 0 spiro atoms. The Hall–Kier alpha value is -1.85. The molecule has 3 rings (SSSR count). The number of carbonyl (C=O) groups is 1. The van der Waals surface area contributed by atoms with E-state index in [0.717, 1.165) is 24.5 Å². The number of nitrogens with one attached hydrogen (secondary N) is 2. The van der Waals surface area contributed by atoms with E-state index in [1.165, 1.54) is 12.8 Å². The second-order valence-corrected chi connectivity index (χ2v) is 6.30. The summed E-state index contributed by atoms with van der Waals surface area (Å²) in [6.45, 7) is 4.31. The summed E-state index contributed by atoms with van der Waals surface area (Å²) in [5.74, 6) is 1.05. The number of piperidine rings is 1. The van der Waals surface area contributed by atoms with Crippen molar-refractivity contribution >= 4 is 24.0 Å². The zero-order valence-corrected chi connectivity index (χ0v) is 14.8. The van der Waals surface area contributed by atoms with Crippen LogP contribution in [0.2, 0.25) is 0 Å². The van der Waals surface area contributed by atoms with Gasteiger partial charge in [-0.15, -0.1) is 12.4 Å². The minimum atomic E-state index is 0. The zero-order valence-electron chi connectivity index (χ0n) is 13.9. The molecular weight excluding hydrogens is 324 g/mol. The molecule has 2 atom stereocenters. The fourth-order valence-electron chi connectivity index (χ4n) is 3.22. The Balaban J connectivity index is 0.00000208. The van der Waals surface area contributed by atoms with Gasteiger partial charge < -0.3 is 10.6 Å². The van der Waals surface area contributed by atoms with Crippen molar-refractivity contribution in [2.75, 3.05) is 18.4 Å². The predicted molar refractivity (Wildman–Crippen MR) is 98.8 cm³/mol. The number of anilines is 1. The number of aromatic nitrogens is 2. The van der Waals surface area contributed by atoms with Crippen LogP contribution in [-0.2, 0) is 4.79 Å². The first kappa shape index (κ1) is 18.5. The molecule has 1 saturated heterocycles. The molecule has 24 heavy (non-hydrogen) atoms. The summed E-state index contributed by atoms with van der Waals surface area (Å²) in [4.78, 5) is 12.4. The molecule has 130 valence electrons. The van der Waals surface area contributed by atoms with Crippen LogP contribution in [0, 0.1) is 11.8 Å². The molecule has 6 heteroatoms. The molecule has 1 fully saturated rings. The molecular formula is C18H25ClN4O. The highest BCUT2D eigenvalue weighted by Crippen LogP contribution is 2.24. The number of nitrogens with zero attached hydrogens (tertiary/aromatic N) is 2. The molecule has 1 amide bonds. The number of hydrogen-bond donors (Lipinski definition) is 2. The van der Waals surface area contributed by atoms with Crippen molar-refractivity contribution in [3.05, 3.63) is 42.7 Å². The van der Waals surface area contributed by atoms with Gasteiger partial charge in [-0.05, 0) is 56.0 Å². The van der Waals surface area contributed by atoms with Crippen LogP contribution in [0.4, 0.5) is 5.69 Å². The molecule has 1 aliphatic heterocycles.